The molecule has 0 atom stereocenters. The van der Waals surface area contributed by atoms with Gasteiger partial charge in [-0.25, -0.2) is 4.79 Å². The van der Waals surface area contributed by atoms with Gasteiger partial charge in [0.15, 0.2) is 0 Å². The van der Waals surface area contributed by atoms with Crippen molar-refractivity contribution in [3.8, 4) is 11.1 Å². The van der Waals surface area contributed by atoms with Gasteiger partial charge in [0.1, 0.15) is 0 Å². The topological polar surface area (TPSA) is 26.3 Å². The van der Waals surface area contributed by atoms with Crippen LogP contribution >= 0.6 is 0 Å². The summed E-state index contributed by atoms with van der Waals surface area (Å²) < 4.78 is 5.32. The predicted octanol–water partition coefficient (Wildman–Crippen LogP) is 4.54. The molecule has 0 amide bonds. The molecule has 2 aromatic carbocycles. The molecular formula is C18H20O2. The molecule has 2 aromatic rings. The molecule has 0 radical (unpaired) electrons. The van der Waals surface area contributed by atoms with Gasteiger partial charge in [-0.2, -0.15) is 0 Å². The molecular weight excluding hydrogens is 248 g/mol. The van der Waals surface area contributed by atoms with E-state index in [4.69, 9.17) is 4.74 Å². The third-order valence-corrected chi connectivity index (χ3v) is 3.35. The lowest BCUT2D eigenvalue weighted by molar-refractivity contribution is 0.0505. The quantitative estimate of drug-likeness (QED) is 0.761. The first kappa shape index (κ1) is 14.3. The number of carbonyl (C=O) groups excluding carboxylic acids is 1. The number of hydrogen-bond acceptors (Lipinski definition) is 2. The second kappa shape index (κ2) is 6.38. The maximum atomic E-state index is 12.3. The van der Waals surface area contributed by atoms with Crippen LogP contribution in [0.2, 0.25) is 0 Å². The lowest BCUT2D eigenvalue weighted by atomic mass is 9.93. The van der Waals surface area contributed by atoms with Gasteiger partial charge in [-0.1, -0.05) is 49.4 Å². The highest BCUT2D eigenvalue weighted by molar-refractivity contribution is 5.99. The standard InChI is InChI=1S/C18H20O2/c1-4-12-20-18(19)17-14(3)9-7-11-16(17)15-10-6-5-8-13(15)2/h5-11H,4,12H2,1-3H3. The SMILES string of the molecule is CCCOC(=O)c1c(C)cccc1-c1ccccc1C. The van der Waals surface area contributed by atoms with Crippen LogP contribution in [-0.2, 0) is 4.74 Å². The Morgan fingerprint density at radius 2 is 1.60 bits per heavy atom. The maximum absolute atomic E-state index is 12.3. The first-order valence-corrected chi connectivity index (χ1v) is 6.98. The zero-order valence-corrected chi connectivity index (χ0v) is 12.3. The normalized spacial score (nSPS) is 10.3. The molecule has 0 fully saturated rings. The van der Waals surface area contributed by atoms with E-state index in [1.807, 2.05) is 50.2 Å². The monoisotopic (exact) mass is 268 g/mol. The lowest BCUT2D eigenvalue weighted by Crippen LogP contribution is -2.09. The number of aryl methyl sites for hydroxylation is 2. The molecule has 0 unspecified atom stereocenters. The highest BCUT2D eigenvalue weighted by atomic mass is 16.5. The van der Waals surface area contributed by atoms with E-state index in [0.717, 1.165) is 28.7 Å². The van der Waals surface area contributed by atoms with Crippen LogP contribution < -0.4 is 0 Å². The molecule has 2 heteroatoms. The summed E-state index contributed by atoms with van der Waals surface area (Å²) >= 11 is 0. The fourth-order valence-electron chi connectivity index (χ4n) is 2.31. The summed E-state index contributed by atoms with van der Waals surface area (Å²) in [6, 6.07) is 14.0. The Kier molecular flexibility index (Phi) is 4.57. The minimum atomic E-state index is -0.233. The van der Waals surface area contributed by atoms with E-state index in [0.29, 0.717) is 12.2 Å². The van der Waals surface area contributed by atoms with E-state index in [-0.39, 0.29) is 5.97 Å². The molecule has 0 aliphatic heterocycles. The molecule has 0 spiro atoms. The molecule has 0 aromatic heterocycles. The van der Waals surface area contributed by atoms with Crippen LogP contribution in [0, 0.1) is 13.8 Å². The van der Waals surface area contributed by atoms with Gasteiger partial charge < -0.3 is 4.74 Å². The van der Waals surface area contributed by atoms with E-state index in [1.165, 1.54) is 0 Å². The Balaban J connectivity index is 2.52. The van der Waals surface area contributed by atoms with Crippen molar-refractivity contribution in [3.63, 3.8) is 0 Å². The Labute approximate surface area is 120 Å². The number of benzene rings is 2. The van der Waals surface area contributed by atoms with Crippen molar-refractivity contribution in [2.24, 2.45) is 0 Å². The van der Waals surface area contributed by atoms with E-state index in [1.54, 1.807) is 0 Å². The van der Waals surface area contributed by atoms with Gasteiger partial charge in [0, 0.05) is 0 Å². The van der Waals surface area contributed by atoms with Crippen molar-refractivity contribution in [3.05, 3.63) is 59.2 Å². The summed E-state index contributed by atoms with van der Waals surface area (Å²) in [6.07, 6.45) is 0.831. The van der Waals surface area contributed by atoms with Crippen LogP contribution in [0.4, 0.5) is 0 Å². The van der Waals surface area contributed by atoms with Gasteiger partial charge in [-0.05, 0) is 42.5 Å². The summed E-state index contributed by atoms with van der Waals surface area (Å²) in [5.41, 5.74) is 4.81. The van der Waals surface area contributed by atoms with Crippen LogP contribution in [0.25, 0.3) is 11.1 Å². The fourth-order valence-corrected chi connectivity index (χ4v) is 2.31. The molecule has 0 bridgehead atoms. The van der Waals surface area contributed by atoms with Crippen molar-refractivity contribution in [2.75, 3.05) is 6.61 Å². The largest absolute Gasteiger partial charge is 0.462 e. The highest BCUT2D eigenvalue weighted by Crippen LogP contribution is 2.29. The first-order valence-electron chi connectivity index (χ1n) is 6.98. The second-order valence-corrected chi connectivity index (χ2v) is 4.95. The number of carbonyl (C=O) groups is 1. The summed E-state index contributed by atoms with van der Waals surface area (Å²) in [6.45, 7) is 6.46. The van der Waals surface area contributed by atoms with Crippen LogP contribution in [-0.4, -0.2) is 12.6 Å². The van der Waals surface area contributed by atoms with Gasteiger partial charge in [0.05, 0.1) is 12.2 Å². The molecule has 0 aliphatic rings. The van der Waals surface area contributed by atoms with Gasteiger partial charge in [-0.15, -0.1) is 0 Å². The Bertz CT molecular complexity index is 615. The molecule has 2 nitrogen and oxygen atoms in total. The predicted molar refractivity (Wildman–Crippen MR) is 81.9 cm³/mol. The molecule has 104 valence electrons. The summed E-state index contributed by atoms with van der Waals surface area (Å²) in [5.74, 6) is -0.233. The average Bonchev–Trinajstić information content (AvgIpc) is 2.45. The lowest BCUT2D eigenvalue weighted by Gasteiger charge is -2.13. The first-order chi connectivity index (χ1) is 9.65. The van der Waals surface area contributed by atoms with E-state index in [9.17, 15) is 4.79 Å². The molecule has 20 heavy (non-hydrogen) atoms. The van der Waals surface area contributed by atoms with E-state index in [2.05, 4.69) is 13.0 Å². The van der Waals surface area contributed by atoms with Gasteiger partial charge in [-0.3, -0.25) is 0 Å². The minimum absolute atomic E-state index is 0.233. The number of rotatable bonds is 4. The van der Waals surface area contributed by atoms with Crippen LogP contribution in [0.3, 0.4) is 0 Å². The van der Waals surface area contributed by atoms with E-state index < -0.39 is 0 Å². The fraction of sp³-hybridized carbons (Fsp3) is 0.278. The third kappa shape index (κ3) is 2.90. The number of ether oxygens (including phenoxy) is 1. The number of hydrogen-bond donors (Lipinski definition) is 0. The van der Waals surface area contributed by atoms with Crippen molar-refractivity contribution in [2.45, 2.75) is 27.2 Å². The maximum Gasteiger partial charge on any atom is 0.339 e. The zero-order chi connectivity index (χ0) is 14.5. The van der Waals surface area contributed by atoms with Gasteiger partial charge in [0.2, 0.25) is 0 Å². The smallest absolute Gasteiger partial charge is 0.339 e. The Morgan fingerprint density at radius 3 is 2.30 bits per heavy atom. The van der Waals surface area contributed by atoms with Gasteiger partial charge in [0.25, 0.3) is 0 Å². The summed E-state index contributed by atoms with van der Waals surface area (Å²) in [7, 11) is 0. The van der Waals surface area contributed by atoms with Crippen molar-refractivity contribution < 1.29 is 9.53 Å². The van der Waals surface area contributed by atoms with Crippen molar-refractivity contribution in [1.82, 2.24) is 0 Å². The highest BCUT2D eigenvalue weighted by Gasteiger charge is 2.17. The van der Waals surface area contributed by atoms with Crippen LogP contribution in [0.1, 0.15) is 34.8 Å². The number of esters is 1. The van der Waals surface area contributed by atoms with Crippen LogP contribution in [0.15, 0.2) is 42.5 Å². The minimum Gasteiger partial charge on any atom is -0.462 e. The molecule has 0 saturated carbocycles. The van der Waals surface area contributed by atoms with Gasteiger partial charge >= 0.3 is 5.97 Å². The molecule has 2 rings (SSSR count). The third-order valence-electron chi connectivity index (χ3n) is 3.35. The molecule has 0 N–H and O–H groups in total. The summed E-state index contributed by atoms with van der Waals surface area (Å²) in [4.78, 5) is 12.3. The average molecular weight is 268 g/mol. The Morgan fingerprint density at radius 1 is 0.950 bits per heavy atom. The van der Waals surface area contributed by atoms with Crippen LogP contribution in [0.5, 0.6) is 0 Å². The zero-order valence-electron chi connectivity index (χ0n) is 12.3. The van der Waals surface area contributed by atoms with Crippen molar-refractivity contribution in [1.29, 1.82) is 0 Å². The second-order valence-electron chi connectivity index (χ2n) is 4.95. The van der Waals surface area contributed by atoms with Crippen molar-refractivity contribution >= 4 is 5.97 Å². The Hall–Kier alpha value is -2.09. The molecule has 0 aliphatic carbocycles. The molecule has 0 saturated heterocycles. The molecule has 0 heterocycles. The summed E-state index contributed by atoms with van der Waals surface area (Å²) in [5, 5.41) is 0. The van der Waals surface area contributed by atoms with E-state index >= 15 is 0 Å².